The number of amides is 2. The van der Waals surface area contributed by atoms with Crippen LogP contribution in [0.15, 0.2) is 53.3 Å². The van der Waals surface area contributed by atoms with Crippen molar-refractivity contribution in [2.24, 2.45) is 0 Å². The quantitative estimate of drug-likeness (QED) is 0.743. The molecule has 0 unspecified atom stereocenters. The van der Waals surface area contributed by atoms with Gasteiger partial charge in [-0.3, -0.25) is 19.5 Å². The van der Waals surface area contributed by atoms with Gasteiger partial charge in [-0.15, -0.1) is 0 Å². The number of anilines is 1. The second kappa shape index (κ2) is 7.59. The molecule has 0 spiro atoms. The number of carbonyl (C=O) groups excluding carboxylic acids is 2. The summed E-state index contributed by atoms with van der Waals surface area (Å²) in [5.74, 6) is 0.430. The molecule has 3 aromatic rings. The Morgan fingerprint density at radius 3 is 2.86 bits per heavy atom. The summed E-state index contributed by atoms with van der Waals surface area (Å²) in [4.78, 5) is 35.2. The highest BCUT2D eigenvalue weighted by Gasteiger charge is 2.31. The lowest BCUT2D eigenvalue weighted by Crippen LogP contribution is -2.47. The van der Waals surface area contributed by atoms with Gasteiger partial charge in [-0.1, -0.05) is 35.5 Å². The van der Waals surface area contributed by atoms with Crippen LogP contribution in [-0.2, 0) is 17.6 Å². The van der Waals surface area contributed by atoms with Gasteiger partial charge in [0.15, 0.2) is 11.5 Å². The summed E-state index contributed by atoms with van der Waals surface area (Å²) in [6.45, 7) is 0. The van der Waals surface area contributed by atoms with E-state index in [-0.39, 0.29) is 11.6 Å². The molecule has 0 radical (unpaired) electrons. The summed E-state index contributed by atoms with van der Waals surface area (Å²) in [5, 5.41) is 6.61. The Hall–Kier alpha value is -3.55. The van der Waals surface area contributed by atoms with Gasteiger partial charge in [-0.25, -0.2) is 4.98 Å². The third-order valence-electron chi connectivity index (χ3n) is 4.69. The van der Waals surface area contributed by atoms with E-state index in [0.29, 0.717) is 30.8 Å². The maximum atomic E-state index is 12.7. The van der Waals surface area contributed by atoms with E-state index < -0.39 is 11.9 Å². The monoisotopic (exact) mass is 377 g/mol. The Morgan fingerprint density at radius 1 is 1.25 bits per heavy atom. The van der Waals surface area contributed by atoms with Gasteiger partial charge in [0.25, 0.3) is 11.8 Å². The molecule has 1 N–H and O–H groups in total. The smallest absolute Gasteiger partial charge is 0.274 e. The van der Waals surface area contributed by atoms with Crippen LogP contribution in [0.4, 0.5) is 5.82 Å². The first-order valence-corrected chi connectivity index (χ1v) is 8.99. The maximum absolute atomic E-state index is 12.7. The number of aromatic nitrogens is 3. The van der Waals surface area contributed by atoms with Crippen molar-refractivity contribution in [2.45, 2.75) is 25.3 Å². The Bertz CT molecular complexity index is 1000. The molecule has 1 aromatic carbocycles. The van der Waals surface area contributed by atoms with E-state index >= 15 is 0 Å². The normalized spacial score (nSPS) is 16.4. The van der Waals surface area contributed by atoms with E-state index in [2.05, 4.69) is 20.4 Å². The van der Waals surface area contributed by atoms with Gasteiger partial charge in [0, 0.05) is 31.9 Å². The van der Waals surface area contributed by atoms with Crippen molar-refractivity contribution in [1.29, 1.82) is 0 Å². The van der Waals surface area contributed by atoms with Gasteiger partial charge in [0.1, 0.15) is 11.8 Å². The fraction of sp³-hybridized carbons (Fsp3) is 0.250. The number of likely N-dealkylation sites (N-methyl/N-ethyl adjacent to an activating group) is 1. The van der Waals surface area contributed by atoms with Crippen molar-refractivity contribution in [3.8, 4) is 0 Å². The number of carbonyl (C=O) groups is 2. The molecule has 2 aromatic heterocycles. The third kappa shape index (κ3) is 3.62. The van der Waals surface area contributed by atoms with Crippen molar-refractivity contribution in [2.75, 3.05) is 11.9 Å². The Labute approximate surface area is 161 Å². The van der Waals surface area contributed by atoms with Crippen molar-refractivity contribution < 1.29 is 14.1 Å². The van der Waals surface area contributed by atoms with Crippen LogP contribution in [-0.4, -0.2) is 40.0 Å². The summed E-state index contributed by atoms with van der Waals surface area (Å²) in [6.07, 6.45) is 4.67. The lowest BCUT2D eigenvalue weighted by molar-refractivity contribution is -0.120. The molecule has 1 aliphatic rings. The molecule has 0 bridgehead atoms. The Kier molecular flexibility index (Phi) is 4.84. The van der Waals surface area contributed by atoms with Crippen LogP contribution in [0.3, 0.4) is 0 Å². The van der Waals surface area contributed by atoms with Crippen molar-refractivity contribution in [3.63, 3.8) is 0 Å². The lowest BCUT2D eigenvalue weighted by atomic mass is 10.1. The van der Waals surface area contributed by atoms with Gasteiger partial charge in [-0.05, 0) is 18.4 Å². The summed E-state index contributed by atoms with van der Waals surface area (Å²) < 4.78 is 5.28. The summed E-state index contributed by atoms with van der Waals surface area (Å²) in [7, 11) is 1.63. The van der Waals surface area contributed by atoms with Crippen LogP contribution in [0.25, 0.3) is 0 Å². The van der Waals surface area contributed by atoms with Gasteiger partial charge in [-0.2, -0.15) is 0 Å². The first-order chi connectivity index (χ1) is 13.6. The second-order valence-corrected chi connectivity index (χ2v) is 6.63. The number of nitrogens with zero attached hydrogens (tertiary/aromatic N) is 4. The van der Waals surface area contributed by atoms with Gasteiger partial charge >= 0.3 is 0 Å². The predicted octanol–water partition coefficient (Wildman–Crippen LogP) is 1.76. The van der Waals surface area contributed by atoms with E-state index in [9.17, 15) is 9.59 Å². The van der Waals surface area contributed by atoms with Crippen molar-refractivity contribution in [1.82, 2.24) is 20.4 Å². The highest BCUT2D eigenvalue weighted by Crippen LogP contribution is 2.21. The maximum Gasteiger partial charge on any atom is 0.274 e. The molecule has 1 aliphatic heterocycles. The van der Waals surface area contributed by atoms with Crippen LogP contribution < -0.4 is 10.2 Å². The molecule has 8 heteroatoms. The Morgan fingerprint density at radius 2 is 2.04 bits per heavy atom. The minimum absolute atomic E-state index is 0.152. The first kappa shape index (κ1) is 17.8. The van der Waals surface area contributed by atoms with Crippen LogP contribution >= 0.6 is 0 Å². The molecule has 2 amide bonds. The highest BCUT2D eigenvalue weighted by molar-refractivity contribution is 6.01. The SMILES string of the molecule is CN1C(=O)[C@@H](NC(=O)c2cc(Cc3ccccc3)on2)CCc2nccnc21. The minimum Gasteiger partial charge on any atom is -0.360 e. The summed E-state index contributed by atoms with van der Waals surface area (Å²) in [6, 6.07) is 10.7. The number of fused-ring (bicyclic) bond motifs is 1. The van der Waals surface area contributed by atoms with E-state index in [4.69, 9.17) is 4.52 Å². The van der Waals surface area contributed by atoms with Crippen molar-refractivity contribution >= 4 is 17.6 Å². The molecule has 8 nitrogen and oxygen atoms in total. The zero-order valence-corrected chi connectivity index (χ0v) is 15.3. The lowest BCUT2D eigenvalue weighted by Gasteiger charge is -2.20. The fourth-order valence-electron chi connectivity index (χ4n) is 3.23. The summed E-state index contributed by atoms with van der Waals surface area (Å²) >= 11 is 0. The van der Waals surface area contributed by atoms with E-state index in [1.54, 1.807) is 25.5 Å². The molecule has 0 saturated carbocycles. The second-order valence-electron chi connectivity index (χ2n) is 6.63. The highest BCUT2D eigenvalue weighted by atomic mass is 16.5. The van der Waals surface area contributed by atoms with Gasteiger partial charge in [0.05, 0.1) is 5.69 Å². The number of aryl methyl sites for hydroxylation is 1. The number of nitrogens with one attached hydrogen (secondary N) is 1. The topological polar surface area (TPSA) is 101 Å². The van der Waals surface area contributed by atoms with E-state index in [1.807, 2.05) is 30.3 Å². The predicted molar refractivity (Wildman–Crippen MR) is 101 cm³/mol. The molecule has 28 heavy (non-hydrogen) atoms. The average Bonchev–Trinajstić information content (AvgIpc) is 3.15. The molecular formula is C20H19N5O3. The third-order valence-corrected chi connectivity index (χ3v) is 4.69. The van der Waals surface area contributed by atoms with Gasteiger partial charge in [0.2, 0.25) is 0 Å². The molecule has 0 aliphatic carbocycles. The zero-order valence-electron chi connectivity index (χ0n) is 15.3. The standard InChI is InChI=1S/C20H19N5O3/c1-25-18-15(21-9-10-22-18)7-8-16(20(25)27)23-19(26)17-12-14(28-24-17)11-13-5-3-2-4-6-13/h2-6,9-10,12,16H,7-8,11H2,1H3,(H,23,26)/t16-/m0/s1. The molecule has 142 valence electrons. The largest absolute Gasteiger partial charge is 0.360 e. The molecule has 0 saturated heterocycles. The average molecular weight is 377 g/mol. The van der Waals surface area contributed by atoms with Crippen LogP contribution in [0.1, 0.15) is 33.9 Å². The number of benzene rings is 1. The number of rotatable bonds is 4. The number of hydrogen-bond acceptors (Lipinski definition) is 6. The molecule has 0 fully saturated rings. The van der Waals surface area contributed by atoms with Gasteiger partial charge < -0.3 is 9.84 Å². The molecule has 4 rings (SSSR count). The zero-order chi connectivity index (χ0) is 19.5. The Balaban J connectivity index is 1.45. The fourth-order valence-corrected chi connectivity index (χ4v) is 3.23. The number of hydrogen-bond donors (Lipinski definition) is 1. The molecular weight excluding hydrogens is 358 g/mol. The molecule has 3 heterocycles. The van der Waals surface area contributed by atoms with E-state index in [0.717, 1.165) is 11.3 Å². The van der Waals surface area contributed by atoms with Crippen molar-refractivity contribution in [3.05, 3.63) is 71.5 Å². The summed E-state index contributed by atoms with van der Waals surface area (Å²) in [5.41, 5.74) is 1.95. The van der Waals surface area contributed by atoms with E-state index in [1.165, 1.54) is 4.90 Å². The molecule has 1 atom stereocenters. The first-order valence-electron chi connectivity index (χ1n) is 8.99. The van der Waals surface area contributed by atoms with Crippen LogP contribution in [0.5, 0.6) is 0 Å². The minimum atomic E-state index is -0.678. The van der Waals surface area contributed by atoms with Crippen LogP contribution in [0, 0.1) is 0 Å². The van der Waals surface area contributed by atoms with Crippen LogP contribution in [0.2, 0.25) is 0 Å².